The number of imidazole rings is 1. The van der Waals surface area contributed by atoms with Crippen molar-refractivity contribution in [2.75, 3.05) is 0 Å². The Morgan fingerprint density at radius 1 is 0.824 bits per heavy atom. The Balaban J connectivity index is 1.60. The molecule has 0 unspecified atom stereocenters. The maximum Gasteiger partial charge on any atom is 0.348 e. The van der Waals surface area contributed by atoms with Crippen LogP contribution in [0.3, 0.4) is 0 Å². The van der Waals surface area contributed by atoms with Crippen molar-refractivity contribution in [2.45, 2.75) is 13.8 Å². The largest absolute Gasteiger partial charge is 0.354 e. The summed E-state index contributed by atoms with van der Waals surface area (Å²) in [5, 5.41) is 26.9. The number of rotatable bonds is 3. The normalized spacial score (nSPS) is 11.7. The third kappa shape index (κ3) is 2.68. The molecular formula is C24H16N6O4. The van der Waals surface area contributed by atoms with Crippen molar-refractivity contribution in [1.29, 1.82) is 0 Å². The second-order valence-electron chi connectivity index (χ2n) is 8.26. The SMILES string of the molecule is Cc1c2ccncc2c(C)c2c1[nH]c1ccc(-c3nc4cc([N+](=O)[O-])c([N+](=O)[O-])cc4[nH]3)cc12. The molecule has 0 saturated heterocycles. The molecule has 0 bridgehead atoms. The van der Waals surface area contributed by atoms with E-state index in [2.05, 4.69) is 33.8 Å². The van der Waals surface area contributed by atoms with Gasteiger partial charge in [0.05, 0.1) is 32.5 Å². The smallest absolute Gasteiger partial charge is 0.348 e. The number of nitrogens with zero attached hydrogens (tertiary/aromatic N) is 4. The summed E-state index contributed by atoms with van der Waals surface area (Å²) >= 11 is 0. The summed E-state index contributed by atoms with van der Waals surface area (Å²) in [5.41, 5.74) is 4.52. The van der Waals surface area contributed by atoms with E-state index >= 15 is 0 Å². The molecule has 0 atom stereocenters. The molecule has 0 amide bonds. The van der Waals surface area contributed by atoms with Crippen molar-refractivity contribution in [3.8, 4) is 11.4 Å². The number of fused-ring (bicyclic) bond motifs is 5. The third-order valence-electron chi connectivity index (χ3n) is 6.42. The van der Waals surface area contributed by atoms with Gasteiger partial charge in [-0.15, -0.1) is 0 Å². The number of aromatic nitrogens is 4. The monoisotopic (exact) mass is 452 g/mol. The minimum atomic E-state index is -0.770. The molecule has 0 aliphatic heterocycles. The summed E-state index contributed by atoms with van der Waals surface area (Å²) in [6.45, 7) is 4.16. The van der Waals surface area contributed by atoms with Crippen molar-refractivity contribution < 1.29 is 9.85 Å². The van der Waals surface area contributed by atoms with E-state index in [9.17, 15) is 20.2 Å². The highest BCUT2D eigenvalue weighted by molar-refractivity contribution is 6.16. The standard InChI is InChI=1S/C24H16N6O4/c1-11-16-10-25-6-5-14(16)12(2)23-22(11)15-7-13(3-4-17(15)26-23)24-27-18-8-20(29(31)32)21(30(33)34)9-19(18)28-24/h3-10,26H,1-2H3,(H,27,28). The van der Waals surface area contributed by atoms with Crippen molar-refractivity contribution in [2.24, 2.45) is 0 Å². The van der Waals surface area contributed by atoms with Crippen LogP contribution in [0.15, 0.2) is 48.8 Å². The highest BCUT2D eigenvalue weighted by Crippen LogP contribution is 2.38. The van der Waals surface area contributed by atoms with Crippen LogP contribution in [0.4, 0.5) is 11.4 Å². The van der Waals surface area contributed by atoms with Crippen molar-refractivity contribution >= 4 is 55.0 Å². The molecule has 10 heteroatoms. The van der Waals surface area contributed by atoms with Gasteiger partial charge in [0.1, 0.15) is 5.82 Å². The maximum atomic E-state index is 11.3. The molecule has 0 spiro atoms. The molecule has 0 radical (unpaired) electrons. The predicted octanol–water partition coefficient (Wildman–Crippen LogP) is 5.85. The van der Waals surface area contributed by atoms with Gasteiger partial charge >= 0.3 is 11.4 Å². The molecule has 166 valence electrons. The minimum absolute atomic E-state index is 0.287. The van der Waals surface area contributed by atoms with E-state index < -0.39 is 21.2 Å². The fraction of sp³-hybridized carbons (Fsp3) is 0.0833. The summed E-state index contributed by atoms with van der Waals surface area (Å²) in [7, 11) is 0. The quantitative estimate of drug-likeness (QED) is 0.255. The number of aryl methyl sites for hydroxylation is 2. The van der Waals surface area contributed by atoms with E-state index in [1.54, 1.807) is 6.20 Å². The van der Waals surface area contributed by atoms with E-state index in [1.165, 1.54) is 0 Å². The van der Waals surface area contributed by atoms with E-state index in [4.69, 9.17) is 0 Å². The van der Waals surface area contributed by atoms with Gasteiger partial charge in [0.15, 0.2) is 0 Å². The first-order chi connectivity index (χ1) is 16.3. The molecule has 3 aromatic carbocycles. The fourth-order valence-corrected chi connectivity index (χ4v) is 4.76. The molecule has 10 nitrogen and oxygen atoms in total. The Morgan fingerprint density at radius 3 is 2.35 bits per heavy atom. The van der Waals surface area contributed by atoms with E-state index in [1.807, 2.05) is 30.5 Å². The zero-order valence-corrected chi connectivity index (χ0v) is 18.0. The molecule has 0 fully saturated rings. The molecule has 6 aromatic rings. The number of aromatic amines is 2. The fourth-order valence-electron chi connectivity index (χ4n) is 4.76. The number of H-pyrrole nitrogens is 2. The van der Waals surface area contributed by atoms with Crippen LogP contribution in [0.25, 0.3) is 55.0 Å². The van der Waals surface area contributed by atoms with Crippen LogP contribution in [0, 0.1) is 34.1 Å². The van der Waals surface area contributed by atoms with Gasteiger partial charge in [-0.05, 0) is 54.6 Å². The summed E-state index contributed by atoms with van der Waals surface area (Å²) in [4.78, 5) is 36.4. The average Bonchev–Trinajstić information content (AvgIpc) is 3.42. The Labute approximate surface area is 190 Å². The number of benzene rings is 3. The Hall–Kier alpha value is -4.86. The Bertz CT molecular complexity index is 1800. The number of hydrogen-bond donors (Lipinski definition) is 2. The van der Waals surface area contributed by atoms with Crippen molar-refractivity contribution in [1.82, 2.24) is 19.9 Å². The Morgan fingerprint density at radius 2 is 1.59 bits per heavy atom. The van der Waals surface area contributed by atoms with Gasteiger partial charge in [-0.2, -0.15) is 0 Å². The van der Waals surface area contributed by atoms with Crippen LogP contribution in [-0.4, -0.2) is 29.8 Å². The summed E-state index contributed by atoms with van der Waals surface area (Å²) in [6.07, 6.45) is 3.66. The molecule has 2 N–H and O–H groups in total. The van der Waals surface area contributed by atoms with E-state index in [-0.39, 0.29) is 5.52 Å². The summed E-state index contributed by atoms with van der Waals surface area (Å²) in [6, 6.07) is 10.2. The highest BCUT2D eigenvalue weighted by atomic mass is 16.6. The van der Waals surface area contributed by atoms with Gasteiger partial charge in [-0.3, -0.25) is 25.2 Å². The van der Waals surface area contributed by atoms with E-state index in [0.29, 0.717) is 11.3 Å². The second-order valence-corrected chi connectivity index (χ2v) is 8.26. The van der Waals surface area contributed by atoms with Gasteiger partial charge < -0.3 is 9.97 Å². The van der Waals surface area contributed by atoms with Crippen molar-refractivity contribution in [3.63, 3.8) is 0 Å². The van der Waals surface area contributed by atoms with Crippen LogP contribution in [0.2, 0.25) is 0 Å². The first-order valence-corrected chi connectivity index (χ1v) is 10.4. The maximum absolute atomic E-state index is 11.3. The molecular weight excluding hydrogens is 436 g/mol. The van der Waals surface area contributed by atoms with Crippen molar-refractivity contribution in [3.05, 3.63) is 80.1 Å². The third-order valence-corrected chi connectivity index (χ3v) is 6.42. The number of hydrogen-bond acceptors (Lipinski definition) is 6. The number of nitro benzene ring substituents is 2. The molecule has 3 heterocycles. The number of pyridine rings is 1. The lowest BCUT2D eigenvalue weighted by molar-refractivity contribution is -0.422. The zero-order chi connectivity index (χ0) is 23.7. The summed E-state index contributed by atoms with van der Waals surface area (Å²) < 4.78 is 0. The van der Waals surface area contributed by atoms with Crippen LogP contribution in [-0.2, 0) is 0 Å². The van der Waals surface area contributed by atoms with Gasteiger partial charge in [0, 0.05) is 45.7 Å². The van der Waals surface area contributed by atoms with Crippen LogP contribution >= 0.6 is 0 Å². The van der Waals surface area contributed by atoms with Gasteiger partial charge in [0.25, 0.3) is 0 Å². The van der Waals surface area contributed by atoms with Gasteiger partial charge in [-0.1, -0.05) is 0 Å². The molecule has 3 aromatic heterocycles. The molecule has 0 aliphatic carbocycles. The highest BCUT2D eigenvalue weighted by Gasteiger charge is 2.26. The van der Waals surface area contributed by atoms with E-state index in [0.717, 1.165) is 61.4 Å². The molecule has 34 heavy (non-hydrogen) atoms. The number of nitro groups is 2. The van der Waals surface area contributed by atoms with Crippen LogP contribution in [0.1, 0.15) is 11.1 Å². The van der Waals surface area contributed by atoms with Crippen LogP contribution in [0.5, 0.6) is 0 Å². The zero-order valence-electron chi connectivity index (χ0n) is 18.0. The molecule has 0 saturated carbocycles. The first-order valence-electron chi connectivity index (χ1n) is 10.4. The predicted molar refractivity (Wildman–Crippen MR) is 129 cm³/mol. The lowest BCUT2D eigenvalue weighted by atomic mass is 9.96. The molecule has 0 aliphatic rings. The lowest BCUT2D eigenvalue weighted by Gasteiger charge is -2.08. The first kappa shape index (κ1) is 19.8. The lowest BCUT2D eigenvalue weighted by Crippen LogP contribution is -1.96. The topological polar surface area (TPSA) is 144 Å². The summed E-state index contributed by atoms with van der Waals surface area (Å²) in [5.74, 6) is 0.470. The second kappa shape index (κ2) is 6.82. The minimum Gasteiger partial charge on any atom is -0.354 e. The van der Waals surface area contributed by atoms with Gasteiger partial charge in [0.2, 0.25) is 0 Å². The Kier molecular flexibility index (Phi) is 3.97. The van der Waals surface area contributed by atoms with Gasteiger partial charge in [-0.25, -0.2) is 4.98 Å². The number of nitrogens with one attached hydrogen (secondary N) is 2. The average molecular weight is 452 g/mol. The van der Waals surface area contributed by atoms with Crippen LogP contribution < -0.4 is 0 Å². The molecule has 6 rings (SSSR count).